The van der Waals surface area contributed by atoms with Gasteiger partial charge in [0.25, 0.3) is 0 Å². The molecule has 6 heteroatoms. The van der Waals surface area contributed by atoms with Crippen LogP contribution in [0.5, 0.6) is 0 Å². The van der Waals surface area contributed by atoms with Crippen LogP contribution in [0.1, 0.15) is 21.5 Å². The Kier molecular flexibility index (Phi) is 3.91. The van der Waals surface area contributed by atoms with Gasteiger partial charge in [-0.3, -0.25) is 0 Å². The molecule has 0 amide bonds. The number of ether oxygens (including phenoxy) is 1. The average molecular weight is 298 g/mol. The third-order valence-corrected chi connectivity index (χ3v) is 3.83. The number of nitrogens with one attached hydrogen (secondary N) is 1. The topological polar surface area (TPSA) is 67.4 Å². The lowest BCUT2D eigenvalue weighted by Gasteiger charge is -2.30. The highest BCUT2D eigenvalue weighted by Crippen LogP contribution is 2.24. The van der Waals surface area contributed by atoms with Gasteiger partial charge >= 0.3 is 5.97 Å². The SMILES string of the molecule is CNc1nccc(N2CCc3cc(C(=O)OC)ccc3C2)n1. The second-order valence-corrected chi connectivity index (χ2v) is 5.14. The molecule has 0 saturated carbocycles. The van der Waals surface area contributed by atoms with Crippen LogP contribution in [0.15, 0.2) is 30.5 Å². The maximum absolute atomic E-state index is 11.6. The predicted octanol–water partition coefficient (Wildman–Crippen LogP) is 1.87. The summed E-state index contributed by atoms with van der Waals surface area (Å²) in [5.41, 5.74) is 3.01. The van der Waals surface area contributed by atoms with Gasteiger partial charge in [-0.2, -0.15) is 4.98 Å². The minimum atomic E-state index is -0.292. The summed E-state index contributed by atoms with van der Waals surface area (Å²) in [5, 5.41) is 2.95. The minimum Gasteiger partial charge on any atom is -0.465 e. The number of rotatable bonds is 3. The summed E-state index contributed by atoms with van der Waals surface area (Å²) >= 11 is 0. The summed E-state index contributed by atoms with van der Waals surface area (Å²) in [6, 6.07) is 7.65. The molecule has 0 spiro atoms. The molecule has 0 fully saturated rings. The average Bonchev–Trinajstić information content (AvgIpc) is 2.60. The molecule has 3 rings (SSSR count). The highest BCUT2D eigenvalue weighted by Gasteiger charge is 2.19. The van der Waals surface area contributed by atoms with Crippen LogP contribution in [0, 0.1) is 0 Å². The zero-order valence-electron chi connectivity index (χ0n) is 12.7. The fourth-order valence-electron chi connectivity index (χ4n) is 2.64. The van der Waals surface area contributed by atoms with Crippen molar-refractivity contribution in [3.8, 4) is 0 Å². The Bertz CT molecular complexity index is 702. The normalized spacial score (nSPS) is 13.5. The number of carbonyl (C=O) groups is 1. The third-order valence-electron chi connectivity index (χ3n) is 3.83. The maximum Gasteiger partial charge on any atom is 0.337 e. The van der Waals surface area contributed by atoms with Crippen molar-refractivity contribution in [1.82, 2.24) is 9.97 Å². The number of anilines is 2. The van der Waals surface area contributed by atoms with E-state index in [1.54, 1.807) is 13.2 Å². The van der Waals surface area contributed by atoms with Gasteiger partial charge in [0.1, 0.15) is 5.82 Å². The van der Waals surface area contributed by atoms with E-state index in [9.17, 15) is 4.79 Å². The minimum absolute atomic E-state index is 0.292. The van der Waals surface area contributed by atoms with Gasteiger partial charge < -0.3 is 15.0 Å². The van der Waals surface area contributed by atoms with Crippen LogP contribution in [0.25, 0.3) is 0 Å². The first-order valence-corrected chi connectivity index (χ1v) is 7.17. The first kappa shape index (κ1) is 14.3. The number of nitrogens with zero attached hydrogens (tertiary/aromatic N) is 3. The summed E-state index contributed by atoms with van der Waals surface area (Å²) in [5.74, 6) is 1.23. The Labute approximate surface area is 129 Å². The van der Waals surface area contributed by atoms with Crippen molar-refractivity contribution < 1.29 is 9.53 Å². The molecule has 114 valence electrons. The van der Waals surface area contributed by atoms with E-state index in [1.807, 2.05) is 24.3 Å². The van der Waals surface area contributed by atoms with Crippen LogP contribution in [-0.4, -0.2) is 36.6 Å². The zero-order chi connectivity index (χ0) is 15.5. The second kappa shape index (κ2) is 6.01. The van der Waals surface area contributed by atoms with E-state index in [2.05, 4.69) is 20.2 Å². The molecule has 0 bridgehead atoms. The molecule has 0 atom stereocenters. The van der Waals surface area contributed by atoms with Crippen LogP contribution in [0.4, 0.5) is 11.8 Å². The van der Waals surface area contributed by atoms with Crippen molar-refractivity contribution in [1.29, 1.82) is 0 Å². The molecule has 22 heavy (non-hydrogen) atoms. The van der Waals surface area contributed by atoms with Gasteiger partial charge in [-0.25, -0.2) is 9.78 Å². The van der Waals surface area contributed by atoms with Gasteiger partial charge in [0.05, 0.1) is 12.7 Å². The lowest BCUT2D eigenvalue weighted by Crippen LogP contribution is -2.31. The standard InChI is InChI=1S/C16H18N4O2/c1-17-16-18-7-5-14(19-16)20-8-6-11-9-12(15(21)22-2)3-4-13(11)10-20/h3-5,7,9H,6,8,10H2,1-2H3,(H,17,18,19). The molecule has 0 unspecified atom stereocenters. The predicted molar refractivity (Wildman–Crippen MR) is 84.1 cm³/mol. The molecule has 0 aliphatic carbocycles. The first-order chi connectivity index (χ1) is 10.7. The molecule has 0 radical (unpaired) electrons. The molecule has 6 nitrogen and oxygen atoms in total. The number of fused-ring (bicyclic) bond motifs is 1. The van der Waals surface area contributed by atoms with Crippen molar-refractivity contribution in [3.63, 3.8) is 0 Å². The van der Waals surface area contributed by atoms with E-state index < -0.39 is 0 Å². The van der Waals surface area contributed by atoms with E-state index in [-0.39, 0.29) is 5.97 Å². The summed E-state index contributed by atoms with van der Waals surface area (Å²) in [6.45, 7) is 1.63. The molecule has 1 aromatic carbocycles. The molecule has 0 saturated heterocycles. The first-order valence-electron chi connectivity index (χ1n) is 7.17. The van der Waals surface area contributed by atoms with Crippen molar-refractivity contribution in [2.75, 3.05) is 30.9 Å². The lowest BCUT2D eigenvalue weighted by atomic mass is 9.97. The number of aromatic nitrogens is 2. The molecule has 1 aromatic heterocycles. The van der Waals surface area contributed by atoms with E-state index in [4.69, 9.17) is 4.74 Å². The Morgan fingerprint density at radius 3 is 2.95 bits per heavy atom. The van der Waals surface area contributed by atoms with Crippen molar-refractivity contribution in [3.05, 3.63) is 47.2 Å². The molecule has 2 aromatic rings. The number of esters is 1. The van der Waals surface area contributed by atoms with Gasteiger partial charge in [0.15, 0.2) is 0 Å². The Balaban J connectivity index is 1.83. The molecular formula is C16H18N4O2. The molecule has 1 aliphatic heterocycles. The Morgan fingerprint density at radius 1 is 1.32 bits per heavy atom. The van der Waals surface area contributed by atoms with Gasteiger partial charge in [-0.05, 0) is 35.7 Å². The molecule has 1 aliphatic rings. The van der Waals surface area contributed by atoms with E-state index >= 15 is 0 Å². The van der Waals surface area contributed by atoms with Crippen LogP contribution >= 0.6 is 0 Å². The van der Waals surface area contributed by atoms with Gasteiger partial charge in [0, 0.05) is 26.3 Å². The number of hydrogen-bond acceptors (Lipinski definition) is 6. The quantitative estimate of drug-likeness (QED) is 0.873. The van der Waals surface area contributed by atoms with E-state index in [0.29, 0.717) is 11.5 Å². The monoisotopic (exact) mass is 298 g/mol. The van der Waals surface area contributed by atoms with Gasteiger partial charge in [-0.15, -0.1) is 0 Å². The number of hydrogen-bond donors (Lipinski definition) is 1. The van der Waals surface area contributed by atoms with Crippen LogP contribution in [0.2, 0.25) is 0 Å². The fraction of sp³-hybridized carbons (Fsp3) is 0.312. The Hall–Kier alpha value is -2.63. The highest BCUT2D eigenvalue weighted by molar-refractivity contribution is 5.89. The van der Waals surface area contributed by atoms with Gasteiger partial charge in [-0.1, -0.05) is 6.07 Å². The number of carbonyl (C=O) groups excluding carboxylic acids is 1. The summed E-state index contributed by atoms with van der Waals surface area (Å²) in [4.78, 5) is 22.4. The lowest BCUT2D eigenvalue weighted by molar-refractivity contribution is 0.0600. The molecule has 1 N–H and O–H groups in total. The summed E-state index contributed by atoms with van der Waals surface area (Å²) in [7, 11) is 3.21. The summed E-state index contributed by atoms with van der Waals surface area (Å²) < 4.78 is 4.77. The van der Waals surface area contributed by atoms with E-state index in [0.717, 1.165) is 25.3 Å². The third kappa shape index (κ3) is 2.72. The van der Waals surface area contributed by atoms with Crippen molar-refractivity contribution in [2.45, 2.75) is 13.0 Å². The zero-order valence-corrected chi connectivity index (χ0v) is 12.7. The summed E-state index contributed by atoms with van der Waals surface area (Å²) in [6.07, 6.45) is 2.63. The second-order valence-electron chi connectivity index (χ2n) is 5.14. The number of methoxy groups -OCH3 is 1. The van der Waals surface area contributed by atoms with Gasteiger partial charge in [0.2, 0.25) is 5.95 Å². The Morgan fingerprint density at radius 2 is 2.18 bits per heavy atom. The van der Waals surface area contributed by atoms with Crippen LogP contribution in [-0.2, 0) is 17.7 Å². The molecule has 2 heterocycles. The van der Waals surface area contributed by atoms with Crippen molar-refractivity contribution >= 4 is 17.7 Å². The van der Waals surface area contributed by atoms with Crippen molar-refractivity contribution in [2.24, 2.45) is 0 Å². The maximum atomic E-state index is 11.6. The highest BCUT2D eigenvalue weighted by atomic mass is 16.5. The van der Waals surface area contributed by atoms with Crippen LogP contribution in [0.3, 0.4) is 0 Å². The fourth-order valence-corrected chi connectivity index (χ4v) is 2.64. The smallest absolute Gasteiger partial charge is 0.337 e. The number of benzene rings is 1. The van der Waals surface area contributed by atoms with Crippen LogP contribution < -0.4 is 10.2 Å². The van der Waals surface area contributed by atoms with E-state index in [1.165, 1.54) is 18.2 Å². The largest absolute Gasteiger partial charge is 0.465 e. The molecular weight excluding hydrogens is 280 g/mol.